The van der Waals surface area contributed by atoms with Gasteiger partial charge in [-0.05, 0) is 39.7 Å². The Labute approximate surface area is 145 Å². The number of pyridine rings is 1. The number of aryl methyl sites for hydroxylation is 3. The third-order valence-electron chi connectivity index (χ3n) is 4.79. The van der Waals surface area contributed by atoms with E-state index in [1.165, 1.54) is 0 Å². The van der Waals surface area contributed by atoms with Crippen LogP contribution in [0.1, 0.15) is 57.5 Å². The second-order valence-corrected chi connectivity index (χ2v) is 6.78. The normalized spacial score (nSPS) is 14.2. The second kappa shape index (κ2) is 5.68. The van der Waals surface area contributed by atoms with Crippen LogP contribution in [0.15, 0.2) is 15.1 Å². The van der Waals surface area contributed by atoms with Crippen LogP contribution in [0.4, 0.5) is 0 Å². The van der Waals surface area contributed by atoms with Crippen LogP contribution in [0, 0.1) is 20.8 Å². The van der Waals surface area contributed by atoms with Crippen molar-refractivity contribution in [2.75, 3.05) is 7.05 Å². The first-order valence-electron chi connectivity index (χ1n) is 8.40. The molecule has 0 unspecified atom stereocenters. The lowest BCUT2D eigenvalue weighted by Gasteiger charge is -2.18. The third-order valence-corrected chi connectivity index (χ3v) is 4.79. The number of carbonyl (C=O) groups excluding carboxylic acids is 1. The zero-order chi connectivity index (χ0) is 17.7. The molecule has 3 heterocycles. The Balaban J connectivity index is 1.72. The van der Waals surface area contributed by atoms with Crippen molar-refractivity contribution in [1.82, 2.24) is 20.2 Å². The number of fused-ring (bicyclic) bond motifs is 1. The van der Waals surface area contributed by atoms with E-state index in [4.69, 9.17) is 9.05 Å². The summed E-state index contributed by atoms with van der Waals surface area (Å²) in [6, 6.07) is 1.90. The van der Waals surface area contributed by atoms with Crippen LogP contribution >= 0.6 is 0 Å². The summed E-state index contributed by atoms with van der Waals surface area (Å²) in [5.41, 5.74) is 4.37. The first kappa shape index (κ1) is 15.8. The van der Waals surface area contributed by atoms with Crippen molar-refractivity contribution in [3.8, 4) is 0 Å². The predicted molar refractivity (Wildman–Crippen MR) is 90.3 cm³/mol. The lowest BCUT2D eigenvalue weighted by Crippen LogP contribution is -2.27. The zero-order valence-corrected chi connectivity index (χ0v) is 14.8. The van der Waals surface area contributed by atoms with Gasteiger partial charge in [0, 0.05) is 24.2 Å². The molecule has 7 nitrogen and oxygen atoms in total. The van der Waals surface area contributed by atoms with Crippen molar-refractivity contribution in [3.63, 3.8) is 0 Å². The molecule has 4 rings (SSSR count). The molecule has 0 aliphatic heterocycles. The Kier molecular flexibility index (Phi) is 3.59. The summed E-state index contributed by atoms with van der Waals surface area (Å²) < 4.78 is 10.5. The standard InChI is InChI=1S/C18H20N4O3/c1-9-14(11(3)24-20-9)8-22(4)18(23)13-7-15(12-5-6-12)19-17-16(13)10(2)21-25-17/h7,12H,5-6,8H2,1-4H3. The topological polar surface area (TPSA) is 85.3 Å². The highest BCUT2D eigenvalue weighted by atomic mass is 16.5. The number of hydrogen-bond donors (Lipinski definition) is 0. The molecule has 0 aromatic carbocycles. The molecule has 130 valence electrons. The Bertz CT molecular complexity index is 949. The van der Waals surface area contributed by atoms with Gasteiger partial charge in [-0.3, -0.25) is 4.79 Å². The van der Waals surface area contributed by atoms with E-state index in [-0.39, 0.29) is 5.91 Å². The number of hydrogen-bond acceptors (Lipinski definition) is 6. The molecule has 0 atom stereocenters. The summed E-state index contributed by atoms with van der Waals surface area (Å²) >= 11 is 0. The predicted octanol–water partition coefficient (Wildman–Crippen LogP) is 3.29. The SMILES string of the molecule is Cc1noc(C)c1CN(C)C(=O)c1cc(C2CC2)nc2onc(C)c12. The van der Waals surface area contributed by atoms with Gasteiger partial charge in [0.15, 0.2) is 0 Å². The van der Waals surface area contributed by atoms with Gasteiger partial charge in [-0.1, -0.05) is 10.3 Å². The molecule has 0 saturated heterocycles. The number of amides is 1. The van der Waals surface area contributed by atoms with Gasteiger partial charge >= 0.3 is 0 Å². The summed E-state index contributed by atoms with van der Waals surface area (Å²) in [5.74, 6) is 1.08. The van der Waals surface area contributed by atoms with E-state index in [9.17, 15) is 4.79 Å². The molecule has 0 bridgehead atoms. The Morgan fingerprint density at radius 1 is 1.20 bits per heavy atom. The lowest BCUT2D eigenvalue weighted by atomic mass is 10.1. The lowest BCUT2D eigenvalue weighted by molar-refractivity contribution is 0.0786. The fraction of sp³-hybridized carbons (Fsp3) is 0.444. The fourth-order valence-corrected chi connectivity index (χ4v) is 3.11. The average Bonchev–Trinajstić information content (AvgIpc) is 3.33. The zero-order valence-electron chi connectivity index (χ0n) is 14.8. The van der Waals surface area contributed by atoms with Gasteiger partial charge < -0.3 is 13.9 Å². The number of rotatable bonds is 4. The molecule has 1 saturated carbocycles. The average molecular weight is 340 g/mol. The molecule has 1 aliphatic rings. The van der Waals surface area contributed by atoms with E-state index in [1.54, 1.807) is 11.9 Å². The second-order valence-electron chi connectivity index (χ2n) is 6.78. The molecule has 3 aromatic heterocycles. The van der Waals surface area contributed by atoms with Gasteiger partial charge in [0.25, 0.3) is 11.6 Å². The minimum Gasteiger partial charge on any atom is -0.361 e. The molecular weight excluding hydrogens is 320 g/mol. The summed E-state index contributed by atoms with van der Waals surface area (Å²) in [5, 5.41) is 8.64. The number of nitrogens with zero attached hydrogens (tertiary/aromatic N) is 4. The van der Waals surface area contributed by atoms with E-state index in [1.807, 2.05) is 26.8 Å². The van der Waals surface area contributed by atoms with Crippen LogP contribution in [-0.4, -0.2) is 33.2 Å². The third kappa shape index (κ3) is 2.69. The van der Waals surface area contributed by atoms with Gasteiger partial charge in [0.1, 0.15) is 5.76 Å². The molecule has 0 radical (unpaired) electrons. The highest BCUT2D eigenvalue weighted by molar-refractivity contribution is 6.06. The minimum absolute atomic E-state index is 0.0828. The summed E-state index contributed by atoms with van der Waals surface area (Å²) in [4.78, 5) is 19.3. The summed E-state index contributed by atoms with van der Waals surface area (Å²) in [7, 11) is 1.78. The van der Waals surface area contributed by atoms with Gasteiger partial charge in [0.2, 0.25) is 0 Å². The highest BCUT2D eigenvalue weighted by Gasteiger charge is 2.29. The van der Waals surface area contributed by atoms with E-state index in [0.717, 1.165) is 35.6 Å². The maximum absolute atomic E-state index is 13.1. The summed E-state index contributed by atoms with van der Waals surface area (Å²) in [6.07, 6.45) is 2.21. The van der Waals surface area contributed by atoms with Crippen molar-refractivity contribution in [2.24, 2.45) is 0 Å². The van der Waals surface area contributed by atoms with Crippen LogP contribution < -0.4 is 0 Å². The Morgan fingerprint density at radius 3 is 2.56 bits per heavy atom. The molecule has 1 fully saturated rings. The van der Waals surface area contributed by atoms with Crippen LogP contribution in [-0.2, 0) is 6.54 Å². The van der Waals surface area contributed by atoms with E-state index >= 15 is 0 Å². The first-order valence-corrected chi connectivity index (χ1v) is 8.40. The fourth-order valence-electron chi connectivity index (χ4n) is 3.11. The maximum atomic E-state index is 13.1. The van der Waals surface area contributed by atoms with Gasteiger partial charge in [0.05, 0.1) is 28.9 Å². The smallest absolute Gasteiger partial charge is 0.259 e. The Hall–Kier alpha value is -2.70. The molecule has 25 heavy (non-hydrogen) atoms. The van der Waals surface area contributed by atoms with Crippen molar-refractivity contribution in [3.05, 3.63) is 40.0 Å². The molecule has 0 N–H and O–H groups in total. The first-order chi connectivity index (χ1) is 12.0. The van der Waals surface area contributed by atoms with E-state index < -0.39 is 0 Å². The van der Waals surface area contributed by atoms with Crippen LogP contribution in [0.3, 0.4) is 0 Å². The van der Waals surface area contributed by atoms with E-state index in [2.05, 4.69) is 15.3 Å². The van der Waals surface area contributed by atoms with Gasteiger partial charge in [-0.25, -0.2) is 4.98 Å². The number of carbonyl (C=O) groups is 1. The quantitative estimate of drug-likeness (QED) is 0.724. The highest BCUT2D eigenvalue weighted by Crippen LogP contribution is 2.40. The van der Waals surface area contributed by atoms with Crippen molar-refractivity contribution in [2.45, 2.75) is 46.1 Å². The van der Waals surface area contributed by atoms with E-state index in [0.29, 0.717) is 34.8 Å². The molecule has 1 amide bonds. The minimum atomic E-state index is -0.0828. The van der Waals surface area contributed by atoms with Crippen molar-refractivity contribution >= 4 is 17.0 Å². The molecular formula is C18H20N4O3. The molecule has 7 heteroatoms. The monoisotopic (exact) mass is 340 g/mol. The molecule has 0 spiro atoms. The van der Waals surface area contributed by atoms with Crippen LogP contribution in [0.2, 0.25) is 0 Å². The van der Waals surface area contributed by atoms with Crippen LogP contribution in [0.5, 0.6) is 0 Å². The largest absolute Gasteiger partial charge is 0.361 e. The van der Waals surface area contributed by atoms with Crippen molar-refractivity contribution < 1.29 is 13.8 Å². The summed E-state index contributed by atoms with van der Waals surface area (Å²) in [6.45, 7) is 6.00. The number of aromatic nitrogens is 3. The molecule has 1 aliphatic carbocycles. The maximum Gasteiger partial charge on any atom is 0.259 e. The van der Waals surface area contributed by atoms with Gasteiger partial charge in [-0.15, -0.1) is 0 Å². The molecule has 3 aromatic rings. The van der Waals surface area contributed by atoms with Gasteiger partial charge in [-0.2, -0.15) is 0 Å². The van der Waals surface area contributed by atoms with Crippen LogP contribution in [0.25, 0.3) is 11.1 Å². The van der Waals surface area contributed by atoms with Crippen molar-refractivity contribution in [1.29, 1.82) is 0 Å². The Morgan fingerprint density at radius 2 is 1.92 bits per heavy atom.